The maximum Gasteiger partial charge on any atom is 0.185 e. The van der Waals surface area contributed by atoms with Gasteiger partial charge in [0.1, 0.15) is 0 Å². The number of ketones is 1. The van der Waals surface area contributed by atoms with Crippen molar-refractivity contribution < 1.29 is 4.79 Å². The monoisotopic (exact) mass is 311 g/mol. The normalized spacial score (nSPS) is 10.3. The predicted molar refractivity (Wildman–Crippen MR) is 78.7 cm³/mol. The Morgan fingerprint density at radius 2 is 1.95 bits per heavy atom. The zero-order valence-corrected chi connectivity index (χ0v) is 11.6. The van der Waals surface area contributed by atoms with Crippen LogP contribution in [0.2, 0.25) is 0 Å². The van der Waals surface area contributed by atoms with Gasteiger partial charge in [-0.3, -0.25) is 4.79 Å². The molecule has 0 unspecified atom stereocenters. The molecule has 2 nitrogen and oxygen atoms in total. The van der Waals surface area contributed by atoms with Gasteiger partial charge in [0.25, 0.3) is 0 Å². The van der Waals surface area contributed by atoms with Crippen molar-refractivity contribution in [3.05, 3.63) is 75.8 Å². The molecule has 0 N–H and O–H groups in total. The van der Waals surface area contributed by atoms with Crippen LogP contribution < -0.4 is 0 Å². The van der Waals surface area contributed by atoms with Crippen LogP contribution in [0.15, 0.2) is 59.1 Å². The van der Waals surface area contributed by atoms with Gasteiger partial charge in [0, 0.05) is 10.0 Å². The van der Waals surface area contributed by atoms with Crippen LogP contribution in [0.3, 0.4) is 0 Å². The van der Waals surface area contributed by atoms with Gasteiger partial charge in [-0.1, -0.05) is 46.3 Å². The van der Waals surface area contributed by atoms with Crippen molar-refractivity contribution in [3.8, 4) is 6.07 Å². The van der Waals surface area contributed by atoms with Crippen molar-refractivity contribution in [1.29, 1.82) is 5.26 Å². The van der Waals surface area contributed by atoms with Gasteiger partial charge in [-0.25, -0.2) is 0 Å². The van der Waals surface area contributed by atoms with Crippen LogP contribution in [0, 0.1) is 11.3 Å². The Kier molecular flexibility index (Phi) is 4.27. The molecular formula is C16H10BrNO. The van der Waals surface area contributed by atoms with Crippen molar-refractivity contribution in [2.45, 2.75) is 0 Å². The Balaban J connectivity index is 2.19. The highest BCUT2D eigenvalue weighted by Crippen LogP contribution is 2.13. The summed E-state index contributed by atoms with van der Waals surface area (Å²) in [6.45, 7) is 0. The second-order valence-electron chi connectivity index (χ2n) is 3.95. The topological polar surface area (TPSA) is 40.9 Å². The first-order chi connectivity index (χ1) is 9.19. The molecule has 0 atom stereocenters. The number of allylic oxidation sites excluding steroid dienone is 1. The number of hydrogen-bond donors (Lipinski definition) is 0. The smallest absolute Gasteiger partial charge is 0.185 e. The molecule has 19 heavy (non-hydrogen) atoms. The molecule has 0 aliphatic rings. The van der Waals surface area contributed by atoms with Gasteiger partial charge in [0.15, 0.2) is 5.78 Å². The van der Waals surface area contributed by atoms with Crippen molar-refractivity contribution in [3.63, 3.8) is 0 Å². The molecule has 92 valence electrons. The third-order valence-corrected chi connectivity index (χ3v) is 3.05. The van der Waals surface area contributed by atoms with Crippen LogP contribution in [0.5, 0.6) is 0 Å². The van der Waals surface area contributed by atoms with E-state index in [9.17, 15) is 4.79 Å². The largest absolute Gasteiger partial charge is 0.289 e. The van der Waals surface area contributed by atoms with Gasteiger partial charge in [0.2, 0.25) is 0 Å². The molecule has 0 aliphatic heterocycles. The van der Waals surface area contributed by atoms with E-state index in [-0.39, 0.29) is 5.78 Å². The molecule has 0 aromatic heterocycles. The quantitative estimate of drug-likeness (QED) is 0.629. The maximum atomic E-state index is 12.0. The van der Waals surface area contributed by atoms with E-state index < -0.39 is 0 Å². The summed E-state index contributed by atoms with van der Waals surface area (Å²) in [6.07, 6.45) is 3.27. The molecule has 3 heteroatoms. The summed E-state index contributed by atoms with van der Waals surface area (Å²) in [5.41, 5.74) is 1.95. The highest BCUT2D eigenvalue weighted by atomic mass is 79.9. The number of nitrogens with zero attached hydrogens (tertiary/aromatic N) is 1. The molecule has 0 heterocycles. The Morgan fingerprint density at radius 3 is 2.68 bits per heavy atom. The van der Waals surface area contributed by atoms with Gasteiger partial charge in [0.05, 0.1) is 11.6 Å². The van der Waals surface area contributed by atoms with Crippen molar-refractivity contribution in [2.24, 2.45) is 0 Å². The van der Waals surface area contributed by atoms with E-state index in [1.807, 2.05) is 30.3 Å². The molecule has 0 saturated heterocycles. The van der Waals surface area contributed by atoms with E-state index in [1.165, 1.54) is 6.08 Å². The summed E-state index contributed by atoms with van der Waals surface area (Å²) in [7, 11) is 0. The Morgan fingerprint density at radius 1 is 1.16 bits per heavy atom. The van der Waals surface area contributed by atoms with Gasteiger partial charge in [-0.2, -0.15) is 5.26 Å². The summed E-state index contributed by atoms with van der Waals surface area (Å²) >= 11 is 3.38. The molecule has 0 spiro atoms. The molecule has 0 saturated carbocycles. The molecule has 2 aromatic rings. The molecule has 0 radical (unpaired) electrons. The zero-order valence-electron chi connectivity index (χ0n) is 10.0. The van der Waals surface area contributed by atoms with Crippen LogP contribution in [-0.2, 0) is 0 Å². The van der Waals surface area contributed by atoms with Crippen LogP contribution in [0.1, 0.15) is 21.5 Å². The predicted octanol–water partition coefficient (Wildman–Crippen LogP) is 4.22. The fourth-order valence-electron chi connectivity index (χ4n) is 1.62. The van der Waals surface area contributed by atoms with Gasteiger partial charge < -0.3 is 0 Å². The van der Waals surface area contributed by atoms with Crippen LogP contribution in [0.25, 0.3) is 6.08 Å². The molecule has 0 bridgehead atoms. The zero-order chi connectivity index (χ0) is 13.7. The maximum absolute atomic E-state index is 12.0. The van der Waals surface area contributed by atoms with E-state index in [4.69, 9.17) is 5.26 Å². The lowest BCUT2D eigenvalue weighted by molar-refractivity contribution is 0.104. The molecular weight excluding hydrogens is 302 g/mol. The lowest BCUT2D eigenvalue weighted by Crippen LogP contribution is -1.94. The summed E-state index contributed by atoms with van der Waals surface area (Å²) in [6, 6.07) is 16.4. The molecule has 0 amide bonds. The van der Waals surface area contributed by atoms with E-state index >= 15 is 0 Å². The second kappa shape index (κ2) is 6.12. The summed E-state index contributed by atoms with van der Waals surface area (Å²) in [5.74, 6) is -0.114. The number of halogens is 1. The number of nitriles is 1. The standard InChI is InChI=1S/C16H10BrNO/c17-15-6-2-3-12(10-15)7-8-16(19)14-5-1-4-13(9-14)11-18/h1-10H/b8-7+. The van der Waals surface area contributed by atoms with Crippen molar-refractivity contribution in [1.82, 2.24) is 0 Å². The van der Waals surface area contributed by atoms with Gasteiger partial charge >= 0.3 is 0 Å². The summed E-state index contributed by atoms with van der Waals surface area (Å²) in [5, 5.41) is 8.80. The minimum absolute atomic E-state index is 0.114. The fraction of sp³-hybridized carbons (Fsp3) is 0. The van der Waals surface area contributed by atoms with Crippen molar-refractivity contribution >= 4 is 27.8 Å². The van der Waals surface area contributed by atoms with E-state index in [0.717, 1.165) is 10.0 Å². The Labute approximate surface area is 120 Å². The number of hydrogen-bond acceptors (Lipinski definition) is 2. The van der Waals surface area contributed by atoms with E-state index in [2.05, 4.69) is 15.9 Å². The van der Waals surface area contributed by atoms with Gasteiger partial charge in [-0.15, -0.1) is 0 Å². The average Bonchev–Trinajstić information content (AvgIpc) is 2.45. The molecule has 0 aliphatic carbocycles. The lowest BCUT2D eigenvalue weighted by atomic mass is 10.1. The van der Waals surface area contributed by atoms with Crippen LogP contribution >= 0.6 is 15.9 Å². The average molecular weight is 312 g/mol. The first kappa shape index (κ1) is 13.3. The lowest BCUT2D eigenvalue weighted by Gasteiger charge is -1.97. The van der Waals surface area contributed by atoms with E-state index in [1.54, 1.807) is 30.3 Å². The van der Waals surface area contributed by atoms with Crippen LogP contribution in [-0.4, -0.2) is 5.78 Å². The van der Waals surface area contributed by atoms with Crippen LogP contribution in [0.4, 0.5) is 0 Å². The number of carbonyl (C=O) groups excluding carboxylic acids is 1. The number of carbonyl (C=O) groups is 1. The number of rotatable bonds is 3. The van der Waals surface area contributed by atoms with Gasteiger partial charge in [-0.05, 0) is 35.9 Å². The van der Waals surface area contributed by atoms with Crippen molar-refractivity contribution in [2.75, 3.05) is 0 Å². The minimum Gasteiger partial charge on any atom is -0.289 e. The summed E-state index contributed by atoms with van der Waals surface area (Å²) < 4.78 is 0.966. The Bertz CT molecular complexity index is 683. The number of benzene rings is 2. The highest BCUT2D eigenvalue weighted by Gasteiger charge is 2.02. The molecule has 2 aromatic carbocycles. The second-order valence-corrected chi connectivity index (χ2v) is 4.86. The SMILES string of the molecule is N#Cc1cccc(C(=O)/C=C/c2cccc(Br)c2)c1. The Hall–Kier alpha value is -2.18. The van der Waals surface area contributed by atoms with E-state index in [0.29, 0.717) is 11.1 Å². The first-order valence-corrected chi connectivity index (χ1v) is 6.46. The first-order valence-electron chi connectivity index (χ1n) is 5.67. The molecule has 2 rings (SSSR count). The minimum atomic E-state index is -0.114. The third-order valence-electron chi connectivity index (χ3n) is 2.55. The highest BCUT2D eigenvalue weighted by molar-refractivity contribution is 9.10. The fourth-order valence-corrected chi connectivity index (χ4v) is 2.04. The summed E-state index contributed by atoms with van der Waals surface area (Å²) in [4.78, 5) is 12.0. The third kappa shape index (κ3) is 3.64. The molecule has 0 fully saturated rings.